The van der Waals surface area contributed by atoms with Crippen molar-refractivity contribution in [2.75, 3.05) is 6.54 Å². The van der Waals surface area contributed by atoms with Crippen LogP contribution in [0.2, 0.25) is 0 Å². The number of nitrogens with one attached hydrogen (secondary N) is 1. The van der Waals surface area contributed by atoms with Crippen molar-refractivity contribution >= 4 is 7.82 Å². The van der Waals surface area contributed by atoms with Gasteiger partial charge in [-0.15, -0.1) is 0 Å². The molecule has 0 aromatic carbocycles. The maximum absolute atomic E-state index is 9.92. The predicted molar refractivity (Wildman–Crippen MR) is 31.4 cm³/mol. The van der Waals surface area contributed by atoms with Gasteiger partial charge in [-0.05, 0) is 6.42 Å². The molecule has 0 bridgehead atoms. The molecular weight excluding hydrogens is 145 g/mol. The Morgan fingerprint density at radius 3 is 2.56 bits per heavy atom. The molecule has 0 heterocycles. The second kappa shape index (κ2) is 3.98. The van der Waals surface area contributed by atoms with Gasteiger partial charge in [0.15, 0.2) is 0 Å². The Kier molecular flexibility index (Phi) is 4.01. The van der Waals surface area contributed by atoms with Gasteiger partial charge in [-0.1, -0.05) is 6.92 Å². The van der Waals surface area contributed by atoms with E-state index in [1.54, 1.807) is 0 Å². The van der Waals surface area contributed by atoms with Crippen LogP contribution in [0.15, 0.2) is 0 Å². The van der Waals surface area contributed by atoms with Gasteiger partial charge in [0.25, 0.3) is 0 Å². The van der Waals surface area contributed by atoms with Crippen LogP contribution in [0.3, 0.4) is 0 Å². The van der Waals surface area contributed by atoms with Gasteiger partial charge >= 0.3 is 7.82 Å². The van der Waals surface area contributed by atoms with Crippen molar-refractivity contribution in [3.63, 3.8) is 0 Å². The number of hydrogen-bond acceptors (Lipinski definition) is 3. The molecular formula is C3H10NO4P. The summed E-state index contributed by atoms with van der Waals surface area (Å²) in [5.74, 6) is 0. The van der Waals surface area contributed by atoms with E-state index in [-0.39, 0.29) is 0 Å². The van der Waals surface area contributed by atoms with Crippen molar-refractivity contribution in [3.8, 4) is 0 Å². The summed E-state index contributed by atoms with van der Waals surface area (Å²) in [7, 11) is -4.31. The van der Waals surface area contributed by atoms with Gasteiger partial charge in [-0.2, -0.15) is 10.1 Å². The third kappa shape index (κ3) is 8.07. The monoisotopic (exact) mass is 155 g/mol. The first-order valence-corrected chi connectivity index (χ1v) is 4.06. The van der Waals surface area contributed by atoms with E-state index in [0.717, 1.165) is 6.42 Å². The number of hydrogen-bond donors (Lipinski definition) is 3. The molecule has 0 atom stereocenters. The second-order valence-electron chi connectivity index (χ2n) is 1.48. The molecule has 0 fully saturated rings. The maximum atomic E-state index is 9.92. The quantitative estimate of drug-likeness (QED) is 0.303. The molecule has 0 unspecified atom stereocenters. The molecule has 0 rings (SSSR count). The van der Waals surface area contributed by atoms with Gasteiger partial charge in [0.05, 0.1) is 0 Å². The molecule has 56 valence electrons. The van der Waals surface area contributed by atoms with Crippen molar-refractivity contribution < 1.29 is 19.0 Å². The summed E-state index contributed by atoms with van der Waals surface area (Å²) in [6.07, 6.45) is 0.764. The van der Waals surface area contributed by atoms with E-state index >= 15 is 0 Å². The highest BCUT2D eigenvalue weighted by atomic mass is 31.2. The van der Waals surface area contributed by atoms with E-state index in [4.69, 9.17) is 9.79 Å². The van der Waals surface area contributed by atoms with E-state index in [1.165, 1.54) is 0 Å². The van der Waals surface area contributed by atoms with E-state index < -0.39 is 7.82 Å². The van der Waals surface area contributed by atoms with Crippen molar-refractivity contribution in [1.82, 2.24) is 5.48 Å². The summed E-state index contributed by atoms with van der Waals surface area (Å²) < 4.78 is 13.8. The summed E-state index contributed by atoms with van der Waals surface area (Å²) in [6, 6.07) is 0. The van der Waals surface area contributed by atoms with Crippen LogP contribution in [0.1, 0.15) is 13.3 Å². The molecule has 0 saturated carbocycles. The minimum atomic E-state index is -4.31. The summed E-state index contributed by atoms with van der Waals surface area (Å²) >= 11 is 0. The second-order valence-corrected chi connectivity index (χ2v) is 2.64. The molecule has 5 nitrogen and oxygen atoms in total. The lowest BCUT2D eigenvalue weighted by molar-refractivity contribution is 0.125. The van der Waals surface area contributed by atoms with Crippen LogP contribution in [0.5, 0.6) is 0 Å². The van der Waals surface area contributed by atoms with Gasteiger partial charge in [-0.25, -0.2) is 4.57 Å². The lowest BCUT2D eigenvalue weighted by Crippen LogP contribution is -2.12. The van der Waals surface area contributed by atoms with Crippen LogP contribution >= 0.6 is 7.82 Å². The zero-order chi connectivity index (χ0) is 7.33. The highest BCUT2D eigenvalue weighted by molar-refractivity contribution is 7.46. The fraction of sp³-hybridized carbons (Fsp3) is 1.00. The first kappa shape index (κ1) is 9.07. The Balaban J connectivity index is 3.18. The average molecular weight is 155 g/mol. The van der Waals surface area contributed by atoms with Crippen molar-refractivity contribution in [1.29, 1.82) is 0 Å². The molecule has 0 aliphatic carbocycles. The van der Waals surface area contributed by atoms with Crippen LogP contribution < -0.4 is 5.48 Å². The molecule has 0 radical (unpaired) electrons. The predicted octanol–water partition coefficient (Wildman–Crippen LogP) is 0.0103. The third-order valence-corrected chi connectivity index (χ3v) is 0.902. The Bertz CT molecular complexity index is 110. The van der Waals surface area contributed by atoms with Crippen LogP contribution in [0.25, 0.3) is 0 Å². The Hall–Kier alpha value is 0.0700. The topological polar surface area (TPSA) is 78.8 Å². The van der Waals surface area contributed by atoms with Crippen molar-refractivity contribution in [2.45, 2.75) is 13.3 Å². The minimum Gasteiger partial charge on any atom is -0.302 e. The van der Waals surface area contributed by atoms with Gasteiger partial charge in [0, 0.05) is 6.54 Å². The van der Waals surface area contributed by atoms with Crippen molar-refractivity contribution in [2.24, 2.45) is 0 Å². The van der Waals surface area contributed by atoms with Gasteiger partial charge in [0.2, 0.25) is 0 Å². The zero-order valence-corrected chi connectivity index (χ0v) is 5.97. The normalized spacial score (nSPS) is 11.9. The molecule has 9 heavy (non-hydrogen) atoms. The van der Waals surface area contributed by atoms with Gasteiger partial charge in [-0.3, -0.25) is 0 Å². The highest BCUT2D eigenvalue weighted by Crippen LogP contribution is 2.33. The van der Waals surface area contributed by atoms with E-state index in [9.17, 15) is 4.57 Å². The lowest BCUT2D eigenvalue weighted by Gasteiger charge is -2.03. The molecule has 0 aliphatic rings. The molecule has 0 saturated heterocycles. The first-order chi connectivity index (χ1) is 4.06. The summed E-state index contributed by atoms with van der Waals surface area (Å²) in [5, 5.41) is 0. The molecule has 3 N–H and O–H groups in total. The number of phosphoric acid groups is 1. The minimum absolute atomic E-state index is 0.436. The Morgan fingerprint density at radius 2 is 2.22 bits per heavy atom. The van der Waals surface area contributed by atoms with Crippen molar-refractivity contribution in [3.05, 3.63) is 0 Å². The highest BCUT2D eigenvalue weighted by Gasteiger charge is 2.12. The fourth-order valence-electron chi connectivity index (χ4n) is 0.232. The molecule has 0 spiro atoms. The summed E-state index contributed by atoms with van der Waals surface area (Å²) in [4.78, 5) is 16.1. The lowest BCUT2D eigenvalue weighted by atomic mass is 10.5. The Morgan fingerprint density at radius 1 is 1.67 bits per heavy atom. The van der Waals surface area contributed by atoms with Crippen LogP contribution in [-0.2, 0) is 9.19 Å². The van der Waals surface area contributed by atoms with E-state index in [1.807, 2.05) is 6.92 Å². The van der Waals surface area contributed by atoms with Gasteiger partial charge in [0.1, 0.15) is 0 Å². The number of hydroxylamine groups is 1. The smallest absolute Gasteiger partial charge is 0.302 e. The third-order valence-electron chi connectivity index (χ3n) is 0.536. The Labute approximate surface area is 53.2 Å². The molecule has 0 aliphatic heterocycles. The maximum Gasteiger partial charge on any atom is 0.486 e. The first-order valence-electron chi connectivity index (χ1n) is 2.53. The standard InChI is InChI=1S/C3H10NO4P/c1-2-3-4-8-9(5,6)7/h4H,2-3H2,1H3,(H2,5,6,7). The van der Waals surface area contributed by atoms with E-state index in [2.05, 4.69) is 10.1 Å². The zero-order valence-electron chi connectivity index (χ0n) is 5.07. The molecule has 0 aromatic rings. The van der Waals surface area contributed by atoms with Crippen LogP contribution in [0, 0.1) is 0 Å². The fourth-order valence-corrected chi connectivity index (χ4v) is 0.491. The molecule has 0 aromatic heterocycles. The molecule has 6 heteroatoms. The van der Waals surface area contributed by atoms with Crippen LogP contribution in [-0.4, -0.2) is 16.3 Å². The molecule has 0 amide bonds. The van der Waals surface area contributed by atoms with Crippen LogP contribution in [0.4, 0.5) is 0 Å². The largest absolute Gasteiger partial charge is 0.486 e. The van der Waals surface area contributed by atoms with Gasteiger partial charge < -0.3 is 9.79 Å². The SMILES string of the molecule is CCCNOP(=O)(O)O. The summed E-state index contributed by atoms with van der Waals surface area (Å²) in [5.41, 5.74) is 2.11. The number of rotatable bonds is 4. The van der Waals surface area contributed by atoms with E-state index in [0.29, 0.717) is 6.54 Å². The average Bonchev–Trinajstić information content (AvgIpc) is 1.63. The summed E-state index contributed by atoms with van der Waals surface area (Å²) in [6.45, 7) is 2.29.